The van der Waals surface area contributed by atoms with E-state index in [1.54, 1.807) is 0 Å². The molecule has 1 amide bonds. The van der Waals surface area contributed by atoms with E-state index in [0.29, 0.717) is 6.42 Å². The highest BCUT2D eigenvalue weighted by atomic mass is 16.7. The highest BCUT2D eigenvalue weighted by molar-refractivity contribution is 5.73. The zero-order valence-corrected chi connectivity index (χ0v) is 19.8. The molecule has 200 valence electrons. The number of hydrogen-bond acceptors (Lipinski definition) is 11. The average Bonchev–Trinajstić information content (AvgIpc) is 2.80. The summed E-state index contributed by atoms with van der Waals surface area (Å²) >= 11 is 0. The van der Waals surface area contributed by atoms with Crippen LogP contribution >= 0.6 is 0 Å². The second-order valence-corrected chi connectivity index (χ2v) is 9.17. The van der Waals surface area contributed by atoms with Crippen molar-refractivity contribution < 1.29 is 54.8 Å². The van der Waals surface area contributed by atoms with Gasteiger partial charge < -0.3 is 55.3 Å². The third kappa shape index (κ3) is 7.06. The summed E-state index contributed by atoms with van der Waals surface area (Å²) in [5, 5.41) is 74.3. The lowest BCUT2D eigenvalue weighted by Crippen LogP contribution is -2.71. The van der Waals surface area contributed by atoms with Gasteiger partial charge in [0, 0.05) is 13.3 Å². The largest absolute Gasteiger partial charge is 0.394 e. The van der Waals surface area contributed by atoms with Crippen LogP contribution in [0.3, 0.4) is 0 Å². The van der Waals surface area contributed by atoms with Crippen LogP contribution < -0.4 is 5.32 Å². The maximum atomic E-state index is 11.8. The monoisotopic (exact) mass is 495 g/mol. The molecule has 0 radical (unpaired) electrons. The molecule has 0 aromatic carbocycles. The van der Waals surface area contributed by atoms with Gasteiger partial charge in [-0.25, -0.2) is 0 Å². The molecule has 2 saturated heterocycles. The molecular weight excluding hydrogens is 454 g/mol. The summed E-state index contributed by atoms with van der Waals surface area (Å²) in [7, 11) is 0. The van der Waals surface area contributed by atoms with Gasteiger partial charge in [0.2, 0.25) is 5.91 Å². The molecule has 0 saturated carbocycles. The van der Waals surface area contributed by atoms with E-state index in [4.69, 9.17) is 14.2 Å². The van der Waals surface area contributed by atoms with Crippen LogP contribution in [0, 0.1) is 0 Å². The van der Waals surface area contributed by atoms with Gasteiger partial charge in [-0.1, -0.05) is 39.0 Å². The van der Waals surface area contributed by atoms with Crippen LogP contribution in [0.25, 0.3) is 0 Å². The lowest BCUT2D eigenvalue weighted by atomic mass is 9.86. The van der Waals surface area contributed by atoms with E-state index in [1.165, 1.54) is 6.92 Å². The maximum Gasteiger partial charge on any atom is 0.217 e. The summed E-state index contributed by atoms with van der Waals surface area (Å²) < 4.78 is 16.7. The fraction of sp³-hybridized carbons (Fsp3) is 0.955. The Morgan fingerprint density at radius 2 is 1.53 bits per heavy atom. The first-order valence-electron chi connectivity index (χ1n) is 12.0. The molecule has 12 nitrogen and oxygen atoms in total. The first-order valence-corrected chi connectivity index (χ1v) is 12.0. The zero-order chi connectivity index (χ0) is 25.5. The van der Waals surface area contributed by atoms with Crippen molar-refractivity contribution >= 4 is 5.91 Å². The van der Waals surface area contributed by atoms with Crippen molar-refractivity contribution in [3.05, 3.63) is 0 Å². The highest BCUT2D eigenvalue weighted by Gasteiger charge is 2.56. The van der Waals surface area contributed by atoms with Crippen molar-refractivity contribution in [2.75, 3.05) is 13.2 Å². The molecule has 10 atom stereocenters. The summed E-state index contributed by atoms with van der Waals surface area (Å²) in [6, 6.07) is -1.32. The smallest absolute Gasteiger partial charge is 0.217 e. The Hall–Kier alpha value is -0.930. The van der Waals surface area contributed by atoms with Crippen molar-refractivity contribution in [3.63, 3.8) is 0 Å². The Morgan fingerprint density at radius 3 is 2.12 bits per heavy atom. The molecule has 0 aromatic heterocycles. The molecule has 2 aliphatic rings. The van der Waals surface area contributed by atoms with Gasteiger partial charge in [-0.05, 0) is 6.42 Å². The van der Waals surface area contributed by atoms with Crippen LogP contribution in [0.2, 0.25) is 0 Å². The van der Waals surface area contributed by atoms with Gasteiger partial charge in [0.1, 0.15) is 48.8 Å². The predicted octanol–water partition coefficient (Wildman–Crippen LogP) is -2.13. The Morgan fingerprint density at radius 1 is 0.912 bits per heavy atom. The van der Waals surface area contributed by atoms with Crippen molar-refractivity contribution in [2.45, 2.75) is 120 Å². The van der Waals surface area contributed by atoms with Gasteiger partial charge >= 0.3 is 0 Å². The molecule has 2 rings (SSSR count). The van der Waals surface area contributed by atoms with Crippen molar-refractivity contribution in [1.82, 2.24) is 5.32 Å². The topological polar surface area (TPSA) is 198 Å². The molecule has 2 aliphatic heterocycles. The number of nitrogens with one attached hydrogen (secondary N) is 1. The summed E-state index contributed by atoms with van der Waals surface area (Å²) in [6.45, 7) is 1.97. The number of ether oxygens (including phenoxy) is 3. The van der Waals surface area contributed by atoms with Gasteiger partial charge in [0.25, 0.3) is 0 Å². The van der Waals surface area contributed by atoms with Crippen LogP contribution in [0.15, 0.2) is 0 Å². The standard InChI is InChI=1S/C22H41NO11/c1-3-4-5-6-7-8-9-22(31)20(23-12(2)26)18(30)19(14(11-25)34-22)33-21-17(29)16(28)15(27)13(10-24)32-21/h13-21,24-25,27-31H,3-11H2,1-2H3,(H,23,26)/t13-,14-,15+,16+,17-,18+,19-,20-,21+,22?/m1/s1. The lowest BCUT2D eigenvalue weighted by molar-refractivity contribution is -0.367. The second kappa shape index (κ2) is 13.4. The van der Waals surface area contributed by atoms with Crippen molar-refractivity contribution in [3.8, 4) is 0 Å². The van der Waals surface area contributed by atoms with E-state index in [0.717, 1.165) is 32.1 Å². The lowest BCUT2D eigenvalue weighted by Gasteiger charge is -2.50. The van der Waals surface area contributed by atoms with Crippen LogP contribution in [0.1, 0.15) is 58.8 Å². The summed E-state index contributed by atoms with van der Waals surface area (Å²) in [5.41, 5.74) is 0. The molecule has 1 unspecified atom stereocenters. The number of rotatable bonds is 12. The Balaban J connectivity index is 2.16. The molecule has 0 spiro atoms. The second-order valence-electron chi connectivity index (χ2n) is 9.17. The molecule has 2 heterocycles. The third-order valence-electron chi connectivity index (χ3n) is 6.45. The molecule has 0 aliphatic carbocycles. The Labute approximate surface area is 199 Å². The maximum absolute atomic E-state index is 11.8. The van der Waals surface area contributed by atoms with E-state index in [1.807, 2.05) is 0 Å². The van der Waals surface area contributed by atoms with E-state index in [-0.39, 0.29) is 6.42 Å². The molecule has 12 heteroatoms. The Bertz CT molecular complexity index is 624. The van der Waals surface area contributed by atoms with Crippen LogP contribution in [-0.4, -0.2) is 116 Å². The van der Waals surface area contributed by atoms with E-state index < -0.39 is 80.0 Å². The normalized spacial score (nSPS) is 40.8. The van der Waals surface area contributed by atoms with Crippen LogP contribution in [0.5, 0.6) is 0 Å². The number of aliphatic hydroxyl groups excluding tert-OH is 6. The molecule has 2 fully saturated rings. The average molecular weight is 496 g/mol. The van der Waals surface area contributed by atoms with E-state index in [2.05, 4.69) is 12.2 Å². The minimum atomic E-state index is -1.99. The fourth-order valence-electron chi connectivity index (χ4n) is 4.51. The highest BCUT2D eigenvalue weighted by Crippen LogP contribution is 2.35. The number of aliphatic hydroxyl groups is 7. The van der Waals surface area contributed by atoms with Crippen LogP contribution in [-0.2, 0) is 19.0 Å². The molecular formula is C22H41NO11. The van der Waals surface area contributed by atoms with Gasteiger partial charge in [0.15, 0.2) is 12.1 Å². The quantitative estimate of drug-likeness (QED) is 0.138. The number of carbonyl (C=O) groups is 1. The van der Waals surface area contributed by atoms with Crippen LogP contribution in [0.4, 0.5) is 0 Å². The first-order chi connectivity index (χ1) is 16.1. The fourth-order valence-corrected chi connectivity index (χ4v) is 4.51. The van der Waals surface area contributed by atoms with Gasteiger partial charge in [0.05, 0.1) is 13.2 Å². The molecule has 34 heavy (non-hydrogen) atoms. The number of amides is 1. The van der Waals surface area contributed by atoms with Gasteiger partial charge in [-0.15, -0.1) is 0 Å². The molecule has 8 N–H and O–H groups in total. The SMILES string of the molecule is CCCCCCCCC1(O)O[C@H](CO)[C@@H](O[C@@H]2O[C@H](CO)[C@H](O)[C@H](O)[C@H]2O)[C@H](O)[C@H]1NC(C)=O. The molecule has 0 aromatic rings. The summed E-state index contributed by atoms with van der Waals surface area (Å²) in [6.07, 6.45) is -6.47. The summed E-state index contributed by atoms with van der Waals surface area (Å²) in [5.74, 6) is -2.53. The number of carbonyl (C=O) groups excluding carboxylic acids is 1. The third-order valence-corrected chi connectivity index (χ3v) is 6.45. The summed E-state index contributed by atoms with van der Waals surface area (Å²) in [4.78, 5) is 11.8. The Kier molecular flexibility index (Phi) is 11.5. The number of unbranched alkanes of at least 4 members (excludes halogenated alkanes) is 5. The van der Waals surface area contributed by atoms with Gasteiger partial charge in [-0.3, -0.25) is 4.79 Å². The number of hydrogen-bond donors (Lipinski definition) is 8. The van der Waals surface area contributed by atoms with E-state index in [9.17, 15) is 40.5 Å². The van der Waals surface area contributed by atoms with Crippen molar-refractivity contribution in [2.24, 2.45) is 0 Å². The predicted molar refractivity (Wildman–Crippen MR) is 117 cm³/mol. The zero-order valence-electron chi connectivity index (χ0n) is 19.8. The van der Waals surface area contributed by atoms with E-state index >= 15 is 0 Å². The van der Waals surface area contributed by atoms with Crippen molar-refractivity contribution in [1.29, 1.82) is 0 Å². The minimum absolute atomic E-state index is 0.0877. The first kappa shape index (κ1) is 29.3. The van der Waals surface area contributed by atoms with Gasteiger partial charge in [-0.2, -0.15) is 0 Å². The minimum Gasteiger partial charge on any atom is -0.394 e. The molecule has 0 bridgehead atoms.